The van der Waals surface area contributed by atoms with Crippen LogP contribution in [-0.4, -0.2) is 38.0 Å². The summed E-state index contributed by atoms with van der Waals surface area (Å²) < 4.78 is 11.8. The van der Waals surface area contributed by atoms with Crippen molar-refractivity contribution in [3.05, 3.63) is 87.4 Å². The van der Waals surface area contributed by atoms with Crippen LogP contribution < -0.4 is 14.8 Å². The number of hydrogen-bond donors (Lipinski definition) is 1. The zero-order chi connectivity index (χ0) is 23.7. The predicted molar refractivity (Wildman–Crippen MR) is 131 cm³/mol. The highest BCUT2D eigenvalue weighted by molar-refractivity contribution is 9.10. The molecule has 4 rings (SSSR count). The number of benzene rings is 3. The van der Waals surface area contributed by atoms with Crippen molar-refractivity contribution in [3.8, 4) is 11.5 Å². The number of nitrogens with one attached hydrogen (secondary N) is 1. The number of anilines is 1. The second kappa shape index (κ2) is 9.27. The number of nitrogens with zero attached hydrogens (tertiary/aromatic N) is 1. The van der Waals surface area contributed by atoms with Gasteiger partial charge in [-0.2, -0.15) is 0 Å². The van der Waals surface area contributed by atoms with Crippen LogP contribution in [0.5, 0.6) is 11.5 Å². The standard InChI is InChI=1S/C26H25BrN2O4/c1-15-13-17(27)10-11-20(15)28-25(30)23-18-7-5-6-8-19(18)26(31)29(2)24(23)16-9-12-21(32-3)22(14-16)33-4/h5-14,23-24H,1-4H3,(H,28,30)/t23-,24-/m1/s1. The van der Waals surface area contributed by atoms with E-state index in [4.69, 9.17) is 9.47 Å². The maximum Gasteiger partial charge on any atom is 0.254 e. The van der Waals surface area contributed by atoms with Gasteiger partial charge in [-0.3, -0.25) is 9.59 Å². The van der Waals surface area contributed by atoms with Gasteiger partial charge in [-0.05, 0) is 60.0 Å². The van der Waals surface area contributed by atoms with Gasteiger partial charge in [0.1, 0.15) is 0 Å². The molecule has 0 radical (unpaired) electrons. The molecule has 3 aromatic rings. The Hall–Kier alpha value is -3.32. The molecule has 33 heavy (non-hydrogen) atoms. The van der Waals surface area contributed by atoms with E-state index in [0.717, 1.165) is 21.3 Å². The van der Waals surface area contributed by atoms with Gasteiger partial charge in [-0.25, -0.2) is 0 Å². The number of fused-ring (bicyclic) bond motifs is 1. The van der Waals surface area contributed by atoms with E-state index in [1.54, 1.807) is 38.3 Å². The van der Waals surface area contributed by atoms with E-state index in [0.29, 0.717) is 22.6 Å². The molecule has 0 aliphatic carbocycles. The molecule has 0 unspecified atom stereocenters. The molecular weight excluding hydrogens is 484 g/mol. The van der Waals surface area contributed by atoms with E-state index < -0.39 is 12.0 Å². The lowest BCUT2D eigenvalue weighted by Crippen LogP contribution is -2.44. The Bertz CT molecular complexity index is 1230. The number of aryl methyl sites for hydroxylation is 1. The highest BCUT2D eigenvalue weighted by atomic mass is 79.9. The van der Waals surface area contributed by atoms with Gasteiger partial charge >= 0.3 is 0 Å². The molecule has 3 aromatic carbocycles. The molecule has 0 fully saturated rings. The van der Waals surface area contributed by atoms with Gasteiger partial charge in [0.05, 0.1) is 26.2 Å². The van der Waals surface area contributed by atoms with Crippen LogP contribution in [0.25, 0.3) is 0 Å². The third-order valence-electron chi connectivity index (χ3n) is 6.06. The molecule has 2 amide bonds. The molecule has 6 nitrogen and oxygen atoms in total. The number of carbonyl (C=O) groups excluding carboxylic acids is 2. The number of halogens is 1. The van der Waals surface area contributed by atoms with Gasteiger partial charge in [-0.1, -0.05) is 40.2 Å². The third kappa shape index (κ3) is 4.20. The number of methoxy groups -OCH3 is 2. The van der Waals surface area contributed by atoms with E-state index in [-0.39, 0.29) is 11.8 Å². The lowest BCUT2D eigenvalue weighted by atomic mass is 9.79. The lowest BCUT2D eigenvalue weighted by Gasteiger charge is -2.40. The summed E-state index contributed by atoms with van der Waals surface area (Å²) in [5.74, 6) is 0.182. The molecule has 170 valence electrons. The van der Waals surface area contributed by atoms with Gasteiger partial charge < -0.3 is 19.7 Å². The van der Waals surface area contributed by atoms with Crippen LogP contribution in [-0.2, 0) is 4.79 Å². The maximum atomic E-state index is 13.8. The van der Waals surface area contributed by atoms with E-state index in [1.807, 2.05) is 55.5 Å². The van der Waals surface area contributed by atoms with Crippen LogP contribution in [0.15, 0.2) is 65.1 Å². The average Bonchev–Trinajstić information content (AvgIpc) is 2.82. The van der Waals surface area contributed by atoms with Crippen LogP contribution in [0.4, 0.5) is 5.69 Å². The lowest BCUT2D eigenvalue weighted by molar-refractivity contribution is -0.119. The van der Waals surface area contributed by atoms with E-state index in [2.05, 4.69) is 21.2 Å². The fourth-order valence-corrected chi connectivity index (χ4v) is 4.86. The fourth-order valence-electron chi connectivity index (χ4n) is 4.39. The summed E-state index contributed by atoms with van der Waals surface area (Å²) in [4.78, 5) is 28.6. The Balaban J connectivity index is 1.83. The van der Waals surface area contributed by atoms with Crippen molar-refractivity contribution < 1.29 is 19.1 Å². The highest BCUT2D eigenvalue weighted by Crippen LogP contribution is 2.44. The van der Waals surface area contributed by atoms with Crippen LogP contribution in [0.3, 0.4) is 0 Å². The molecule has 0 saturated carbocycles. The average molecular weight is 509 g/mol. The third-order valence-corrected chi connectivity index (χ3v) is 6.55. The summed E-state index contributed by atoms with van der Waals surface area (Å²) in [6.45, 7) is 1.94. The zero-order valence-electron chi connectivity index (χ0n) is 18.9. The van der Waals surface area contributed by atoms with Crippen LogP contribution in [0, 0.1) is 6.92 Å². The van der Waals surface area contributed by atoms with Gasteiger partial charge in [0.2, 0.25) is 5.91 Å². The number of carbonyl (C=O) groups is 2. The van der Waals surface area contributed by atoms with Gasteiger partial charge in [0.25, 0.3) is 5.91 Å². The van der Waals surface area contributed by atoms with Crippen molar-refractivity contribution in [2.24, 2.45) is 0 Å². The molecule has 2 atom stereocenters. The Morgan fingerprint density at radius 3 is 2.42 bits per heavy atom. The smallest absolute Gasteiger partial charge is 0.254 e. The summed E-state index contributed by atoms with van der Waals surface area (Å²) in [6, 6.07) is 18.0. The molecule has 1 aliphatic heterocycles. The SMILES string of the molecule is COc1ccc([C@@H]2[C@H](C(=O)Nc3ccc(Br)cc3C)c3ccccc3C(=O)N2C)cc1OC. The molecule has 1 N–H and O–H groups in total. The van der Waals surface area contributed by atoms with E-state index >= 15 is 0 Å². The molecule has 1 heterocycles. The Morgan fingerprint density at radius 2 is 1.73 bits per heavy atom. The minimum Gasteiger partial charge on any atom is -0.493 e. The predicted octanol–water partition coefficient (Wildman–Crippen LogP) is 5.32. The number of ether oxygens (including phenoxy) is 2. The first-order valence-electron chi connectivity index (χ1n) is 10.5. The highest BCUT2D eigenvalue weighted by Gasteiger charge is 2.43. The normalized spacial score (nSPS) is 17.4. The quantitative estimate of drug-likeness (QED) is 0.506. The largest absolute Gasteiger partial charge is 0.493 e. The Kier molecular flexibility index (Phi) is 6.42. The molecule has 0 aromatic heterocycles. The van der Waals surface area contributed by atoms with Crippen molar-refractivity contribution in [1.82, 2.24) is 4.90 Å². The van der Waals surface area contributed by atoms with Crippen molar-refractivity contribution in [2.75, 3.05) is 26.6 Å². The summed E-state index contributed by atoms with van der Waals surface area (Å²) in [7, 11) is 4.86. The van der Waals surface area contributed by atoms with Gasteiger partial charge in [0.15, 0.2) is 11.5 Å². The monoisotopic (exact) mass is 508 g/mol. The molecular formula is C26H25BrN2O4. The number of rotatable bonds is 5. The fraction of sp³-hybridized carbons (Fsp3) is 0.231. The van der Waals surface area contributed by atoms with Crippen molar-refractivity contribution in [1.29, 1.82) is 0 Å². The summed E-state index contributed by atoms with van der Waals surface area (Å²) in [5.41, 5.74) is 3.68. The van der Waals surface area contributed by atoms with Crippen LogP contribution in [0.2, 0.25) is 0 Å². The Morgan fingerprint density at radius 1 is 1.00 bits per heavy atom. The molecule has 7 heteroatoms. The minimum absolute atomic E-state index is 0.130. The van der Waals surface area contributed by atoms with E-state index in [9.17, 15) is 9.59 Å². The van der Waals surface area contributed by atoms with Gasteiger partial charge in [-0.15, -0.1) is 0 Å². The first-order chi connectivity index (χ1) is 15.8. The van der Waals surface area contributed by atoms with Crippen molar-refractivity contribution >= 4 is 33.4 Å². The minimum atomic E-state index is -0.620. The molecule has 0 spiro atoms. The topological polar surface area (TPSA) is 67.9 Å². The molecule has 0 bridgehead atoms. The van der Waals surface area contributed by atoms with E-state index in [1.165, 1.54) is 0 Å². The second-order valence-electron chi connectivity index (χ2n) is 7.99. The van der Waals surface area contributed by atoms with Gasteiger partial charge in [0, 0.05) is 22.8 Å². The van der Waals surface area contributed by atoms with Crippen LogP contribution in [0.1, 0.15) is 39.0 Å². The first-order valence-corrected chi connectivity index (χ1v) is 11.3. The van der Waals surface area contributed by atoms with Crippen molar-refractivity contribution in [2.45, 2.75) is 18.9 Å². The molecule has 1 aliphatic rings. The number of amides is 2. The number of likely N-dealkylation sites (N-methyl/N-ethyl adjacent to an activating group) is 1. The summed E-state index contributed by atoms with van der Waals surface area (Å²) in [6.07, 6.45) is 0. The zero-order valence-corrected chi connectivity index (χ0v) is 20.5. The van der Waals surface area contributed by atoms with Crippen molar-refractivity contribution in [3.63, 3.8) is 0 Å². The van der Waals surface area contributed by atoms with Crippen LogP contribution >= 0.6 is 15.9 Å². The Labute approximate surface area is 201 Å². The second-order valence-corrected chi connectivity index (χ2v) is 8.90. The first kappa shape index (κ1) is 22.9. The molecule has 0 saturated heterocycles. The summed E-state index contributed by atoms with van der Waals surface area (Å²) >= 11 is 3.46. The summed E-state index contributed by atoms with van der Waals surface area (Å²) in [5, 5.41) is 3.08. The maximum absolute atomic E-state index is 13.8. The number of hydrogen-bond acceptors (Lipinski definition) is 4.